The number of piperazine rings is 2. The van der Waals surface area contributed by atoms with Crippen molar-refractivity contribution >= 4 is 34.8 Å². The number of aliphatic carboxylic acids is 1. The number of carboxylic acid groups (broad SMARTS) is 1. The largest absolute Gasteiger partial charge is 0.481 e. The third-order valence-corrected chi connectivity index (χ3v) is 11.9. The summed E-state index contributed by atoms with van der Waals surface area (Å²) in [5, 5.41) is 9.41. The monoisotopic (exact) mass is 770 g/mol. The Balaban J connectivity index is 0.000000174. The number of halogens is 1. The van der Waals surface area contributed by atoms with Crippen LogP contribution in [-0.4, -0.2) is 114 Å². The Hall–Kier alpha value is -5.19. The van der Waals surface area contributed by atoms with Crippen molar-refractivity contribution in [2.45, 2.75) is 47.5 Å². The lowest BCUT2D eigenvalue weighted by Crippen LogP contribution is -2.52. The van der Waals surface area contributed by atoms with E-state index in [1.807, 2.05) is 44.2 Å². The Bertz CT molecular complexity index is 2180. The summed E-state index contributed by atoms with van der Waals surface area (Å²) >= 11 is 0. The first-order valence-corrected chi connectivity index (χ1v) is 20.2. The third kappa shape index (κ3) is 9.18. The van der Waals surface area contributed by atoms with Crippen LogP contribution >= 0.6 is 0 Å². The Morgan fingerprint density at radius 1 is 0.596 bits per heavy atom. The molecule has 4 aromatic rings. The zero-order valence-corrected chi connectivity index (χ0v) is 34.0. The second-order valence-electron chi connectivity index (χ2n) is 17.1. The van der Waals surface area contributed by atoms with Crippen molar-refractivity contribution in [3.05, 3.63) is 130 Å². The van der Waals surface area contributed by atoms with E-state index in [0.717, 1.165) is 105 Å². The van der Waals surface area contributed by atoms with Crippen molar-refractivity contribution in [2.75, 3.05) is 65.4 Å². The molecule has 0 bridgehead atoms. The number of fused-ring (bicyclic) bond motifs is 4. The summed E-state index contributed by atoms with van der Waals surface area (Å²) in [7, 11) is 0. The van der Waals surface area contributed by atoms with Crippen LogP contribution in [0.1, 0.15) is 68.0 Å². The lowest BCUT2D eigenvalue weighted by molar-refractivity contribution is -0.148. The molecule has 0 saturated carbocycles. The van der Waals surface area contributed by atoms with Crippen molar-refractivity contribution in [3.63, 3.8) is 0 Å². The maximum absolute atomic E-state index is 14.0. The minimum absolute atomic E-state index is 0.209. The number of hydrogen-bond donors (Lipinski definition) is 1. The van der Waals surface area contributed by atoms with Gasteiger partial charge in [-0.2, -0.15) is 0 Å². The van der Waals surface area contributed by atoms with Gasteiger partial charge in [-0.25, -0.2) is 14.4 Å². The Kier molecular flexibility index (Phi) is 11.7. The number of carboxylic acids is 1. The van der Waals surface area contributed by atoms with Crippen LogP contribution in [0.4, 0.5) is 15.8 Å². The highest BCUT2D eigenvalue weighted by atomic mass is 19.1. The van der Waals surface area contributed by atoms with E-state index in [1.54, 1.807) is 26.8 Å². The van der Waals surface area contributed by atoms with Gasteiger partial charge in [-0.1, -0.05) is 74.5 Å². The number of carbonyl (C=O) groups excluding carboxylic acids is 1. The molecule has 4 heterocycles. The molecule has 0 unspecified atom stereocenters. The summed E-state index contributed by atoms with van der Waals surface area (Å²) in [6, 6.07) is 30.0. The van der Waals surface area contributed by atoms with Gasteiger partial charge >= 0.3 is 5.97 Å². The molecule has 0 atom stereocenters. The average Bonchev–Trinajstić information content (AvgIpc) is 3.46. The van der Waals surface area contributed by atoms with Crippen LogP contribution in [-0.2, 0) is 22.4 Å². The minimum atomic E-state index is -0.742. The van der Waals surface area contributed by atoms with Crippen LogP contribution in [0.15, 0.2) is 101 Å². The zero-order valence-electron chi connectivity index (χ0n) is 34.0. The van der Waals surface area contributed by atoms with Crippen molar-refractivity contribution in [3.8, 4) is 0 Å². The fourth-order valence-electron chi connectivity index (χ4n) is 8.13. The molecule has 8 rings (SSSR count). The topological polar surface area (TPSA) is 92.1 Å². The molecule has 1 N–H and O–H groups in total. The van der Waals surface area contributed by atoms with E-state index in [9.17, 15) is 19.1 Å². The molecular formula is C47H55FN6O3. The molecule has 0 amide bonds. The number of para-hydroxylation sites is 2. The van der Waals surface area contributed by atoms with E-state index in [-0.39, 0.29) is 17.0 Å². The van der Waals surface area contributed by atoms with Crippen LogP contribution in [0.3, 0.4) is 0 Å². The Labute approximate surface area is 336 Å². The number of rotatable bonds is 6. The molecule has 298 valence electrons. The number of ketones is 1. The summed E-state index contributed by atoms with van der Waals surface area (Å²) < 4.78 is 14.0. The quantitative estimate of drug-likeness (QED) is 0.218. The molecule has 4 aliphatic heterocycles. The first kappa shape index (κ1) is 40.0. The van der Waals surface area contributed by atoms with Crippen molar-refractivity contribution in [1.29, 1.82) is 0 Å². The Morgan fingerprint density at radius 3 is 1.54 bits per heavy atom. The molecule has 0 aromatic heterocycles. The lowest BCUT2D eigenvalue weighted by Gasteiger charge is -2.39. The van der Waals surface area contributed by atoms with E-state index < -0.39 is 11.4 Å². The predicted octanol–water partition coefficient (Wildman–Crippen LogP) is 7.44. The third-order valence-electron chi connectivity index (χ3n) is 11.9. The first-order valence-electron chi connectivity index (χ1n) is 20.2. The second-order valence-corrected chi connectivity index (χ2v) is 17.1. The van der Waals surface area contributed by atoms with Crippen LogP contribution in [0.25, 0.3) is 0 Å². The Morgan fingerprint density at radius 2 is 1.04 bits per heavy atom. The molecule has 4 aliphatic rings. The van der Waals surface area contributed by atoms with E-state index in [1.165, 1.54) is 22.8 Å². The van der Waals surface area contributed by atoms with Gasteiger partial charge < -0.3 is 14.9 Å². The number of Topliss-reactive ketones (excluding diaryl/α,β-unsaturated/α-hetero) is 1. The van der Waals surface area contributed by atoms with Crippen LogP contribution < -0.4 is 0 Å². The summed E-state index contributed by atoms with van der Waals surface area (Å²) in [5.74, 6) is 1.24. The highest BCUT2D eigenvalue weighted by Gasteiger charge is 2.33. The van der Waals surface area contributed by atoms with Crippen molar-refractivity contribution in [1.82, 2.24) is 19.6 Å². The molecule has 10 heteroatoms. The summed E-state index contributed by atoms with van der Waals surface area (Å²) in [6.07, 6.45) is 1.58. The minimum Gasteiger partial charge on any atom is -0.481 e. The van der Waals surface area contributed by atoms with Gasteiger partial charge in [0.25, 0.3) is 0 Å². The number of amidine groups is 2. The summed E-state index contributed by atoms with van der Waals surface area (Å²) in [4.78, 5) is 42.7. The first-order chi connectivity index (χ1) is 27.3. The maximum Gasteiger partial charge on any atom is 0.310 e. The number of benzene rings is 4. The van der Waals surface area contributed by atoms with E-state index >= 15 is 0 Å². The highest BCUT2D eigenvalue weighted by molar-refractivity contribution is 6.03. The molecule has 4 aromatic carbocycles. The van der Waals surface area contributed by atoms with Crippen LogP contribution in [0, 0.1) is 16.6 Å². The average molecular weight is 771 g/mol. The second kappa shape index (κ2) is 16.7. The lowest BCUT2D eigenvalue weighted by atomic mass is 9.88. The molecule has 2 fully saturated rings. The van der Waals surface area contributed by atoms with Crippen LogP contribution in [0.2, 0.25) is 0 Å². The van der Waals surface area contributed by atoms with E-state index in [2.05, 4.69) is 68.1 Å². The van der Waals surface area contributed by atoms with Gasteiger partial charge in [0, 0.05) is 94.8 Å². The fraction of sp³-hybridized carbons (Fsp3) is 0.404. The van der Waals surface area contributed by atoms with Gasteiger partial charge in [0.2, 0.25) is 0 Å². The molecular weight excluding hydrogens is 716 g/mol. The highest BCUT2D eigenvalue weighted by Crippen LogP contribution is 2.32. The normalized spacial score (nSPS) is 17.3. The van der Waals surface area contributed by atoms with Crippen LogP contribution in [0.5, 0.6) is 0 Å². The molecule has 0 aliphatic carbocycles. The molecule has 0 radical (unpaired) electrons. The molecule has 2 saturated heterocycles. The maximum atomic E-state index is 14.0. The van der Waals surface area contributed by atoms with Gasteiger partial charge in [0.15, 0.2) is 0 Å². The van der Waals surface area contributed by atoms with Gasteiger partial charge in [-0.15, -0.1) is 0 Å². The molecule has 0 spiro atoms. The van der Waals surface area contributed by atoms with Gasteiger partial charge in [0.05, 0.1) is 16.8 Å². The summed E-state index contributed by atoms with van der Waals surface area (Å²) in [6.45, 7) is 17.5. The van der Waals surface area contributed by atoms with E-state index in [4.69, 9.17) is 9.98 Å². The predicted molar refractivity (Wildman–Crippen MR) is 226 cm³/mol. The number of aliphatic imine (C=N–C) groups is 2. The van der Waals surface area contributed by atoms with Gasteiger partial charge in [-0.3, -0.25) is 19.4 Å². The smallest absolute Gasteiger partial charge is 0.310 e. The van der Waals surface area contributed by atoms with Crippen molar-refractivity contribution in [2.24, 2.45) is 20.8 Å². The van der Waals surface area contributed by atoms with Gasteiger partial charge in [0.1, 0.15) is 23.3 Å². The molecule has 57 heavy (non-hydrogen) atoms. The van der Waals surface area contributed by atoms with Crippen molar-refractivity contribution < 1.29 is 19.1 Å². The number of nitrogens with zero attached hydrogens (tertiary/aromatic N) is 6. The zero-order chi connectivity index (χ0) is 40.3. The van der Waals surface area contributed by atoms with E-state index in [0.29, 0.717) is 13.0 Å². The summed E-state index contributed by atoms with van der Waals surface area (Å²) in [5.41, 5.74) is 7.83. The molecule has 9 nitrogen and oxygen atoms in total. The van der Waals surface area contributed by atoms with Gasteiger partial charge in [-0.05, 0) is 73.4 Å². The fourth-order valence-corrected chi connectivity index (χ4v) is 8.13. The SMILES string of the molecule is CC(=O)C(C)(C)CN1CCN(C2=Nc3ccccc3Cc3cc(F)ccc32)CC1.CC(C)(CN1CCN(C2=Nc3ccccc3Cc3ccccc32)CC1)C(=O)O. The standard InChI is InChI=1S/C24H28FN3O.C23H27N3O2/c1-17(29)24(2,3)16-27-10-12-28(13-11-27)23-21-9-8-20(25)15-19(21)14-18-6-4-5-7-22(18)26-23;1-23(2,22(27)28)16-25-11-13-26(14-12-25)21-19-9-5-3-7-17(19)15-18-8-4-6-10-20(18)24-21/h4-9,15H,10-14,16H2,1-3H3;3-10H,11-16H2,1-2H3,(H,27,28). The number of carbonyl (C=O) groups is 2. The number of hydrogen-bond acceptors (Lipinski definition) is 8.